The van der Waals surface area contributed by atoms with Crippen molar-refractivity contribution < 1.29 is 18.8 Å². The summed E-state index contributed by atoms with van der Waals surface area (Å²) in [4.78, 5) is 35.8. The Morgan fingerprint density at radius 3 is 2.22 bits per heavy atom. The second kappa shape index (κ2) is 7.75. The van der Waals surface area contributed by atoms with Crippen LogP contribution in [0.15, 0.2) is 53.1 Å². The smallest absolute Gasteiger partial charge is 0.316 e. The van der Waals surface area contributed by atoms with Gasteiger partial charge in [0.15, 0.2) is 5.76 Å². The topological polar surface area (TPSA) is 126 Å². The molecular formula is C18H16N4O4S. The highest BCUT2D eigenvalue weighted by Gasteiger charge is 2.16. The van der Waals surface area contributed by atoms with Crippen molar-refractivity contribution in [1.29, 1.82) is 0 Å². The lowest BCUT2D eigenvalue weighted by atomic mass is 10.2. The normalized spacial score (nSPS) is 10.3. The fourth-order valence-corrected chi connectivity index (χ4v) is 3.28. The highest BCUT2D eigenvalue weighted by molar-refractivity contribution is 7.18. The summed E-state index contributed by atoms with van der Waals surface area (Å²) >= 11 is 1.16. The van der Waals surface area contributed by atoms with Crippen molar-refractivity contribution in [2.24, 2.45) is 5.73 Å². The van der Waals surface area contributed by atoms with E-state index in [0.717, 1.165) is 16.9 Å². The molecule has 0 saturated carbocycles. The second-order valence-electron chi connectivity index (χ2n) is 5.57. The molecule has 3 rings (SSSR count). The molecule has 0 fully saturated rings. The number of hydrogen-bond donors (Lipinski definition) is 4. The van der Waals surface area contributed by atoms with Crippen LogP contribution < -0.4 is 21.7 Å². The molecule has 0 unspecified atom stereocenters. The number of rotatable bonds is 5. The van der Waals surface area contributed by atoms with Crippen molar-refractivity contribution in [1.82, 2.24) is 0 Å². The van der Waals surface area contributed by atoms with Crippen LogP contribution in [0.1, 0.15) is 25.8 Å². The molecule has 0 atom stereocenters. The molecule has 2 aromatic heterocycles. The van der Waals surface area contributed by atoms with Gasteiger partial charge in [-0.1, -0.05) is 0 Å². The summed E-state index contributed by atoms with van der Waals surface area (Å²) in [6.45, 7) is 1.79. The van der Waals surface area contributed by atoms with Gasteiger partial charge in [-0.25, -0.2) is 4.79 Å². The summed E-state index contributed by atoms with van der Waals surface area (Å²) in [5.74, 6) is -0.492. The average Bonchev–Trinajstić information content (AvgIpc) is 3.26. The third-order valence-corrected chi connectivity index (χ3v) is 4.67. The number of nitrogens with one attached hydrogen (secondary N) is 3. The van der Waals surface area contributed by atoms with Crippen LogP contribution in [0.4, 0.5) is 21.2 Å². The van der Waals surface area contributed by atoms with Crippen LogP contribution in [0.2, 0.25) is 0 Å². The quantitative estimate of drug-likeness (QED) is 0.535. The minimum absolute atomic E-state index is 0.191. The first-order valence-corrected chi connectivity index (χ1v) is 8.67. The molecule has 3 aromatic rings. The third-order valence-electron chi connectivity index (χ3n) is 3.52. The van der Waals surface area contributed by atoms with Gasteiger partial charge in [-0.2, -0.15) is 0 Å². The van der Waals surface area contributed by atoms with Crippen molar-refractivity contribution in [3.8, 4) is 0 Å². The molecule has 138 valence electrons. The molecule has 0 spiro atoms. The van der Waals surface area contributed by atoms with Gasteiger partial charge in [0.25, 0.3) is 11.8 Å². The Kier molecular flexibility index (Phi) is 5.23. The molecule has 9 heteroatoms. The van der Waals surface area contributed by atoms with Gasteiger partial charge in [0.05, 0.1) is 16.1 Å². The fourth-order valence-electron chi connectivity index (χ4n) is 2.32. The van der Waals surface area contributed by atoms with E-state index in [1.165, 1.54) is 6.26 Å². The van der Waals surface area contributed by atoms with Crippen molar-refractivity contribution in [2.75, 3.05) is 16.0 Å². The van der Waals surface area contributed by atoms with Gasteiger partial charge < -0.3 is 26.1 Å². The third kappa shape index (κ3) is 4.53. The van der Waals surface area contributed by atoms with Crippen LogP contribution in [-0.4, -0.2) is 17.8 Å². The number of hydrogen-bond acceptors (Lipinski definition) is 5. The number of benzene rings is 1. The summed E-state index contributed by atoms with van der Waals surface area (Å²) in [7, 11) is 0. The minimum atomic E-state index is -0.662. The van der Waals surface area contributed by atoms with Gasteiger partial charge in [0.1, 0.15) is 0 Å². The van der Waals surface area contributed by atoms with Crippen LogP contribution in [0.5, 0.6) is 0 Å². The van der Waals surface area contributed by atoms with Gasteiger partial charge in [0, 0.05) is 11.4 Å². The Morgan fingerprint density at radius 2 is 1.63 bits per heavy atom. The first-order valence-electron chi connectivity index (χ1n) is 7.85. The van der Waals surface area contributed by atoms with Crippen LogP contribution in [0, 0.1) is 6.92 Å². The van der Waals surface area contributed by atoms with E-state index < -0.39 is 6.03 Å². The molecule has 0 radical (unpaired) electrons. The number of carbonyl (C=O) groups excluding carboxylic acids is 3. The first-order chi connectivity index (χ1) is 12.9. The molecule has 0 aliphatic carbocycles. The predicted octanol–water partition coefficient (Wildman–Crippen LogP) is 3.64. The number of furan rings is 1. The molecule has 5 N–H and O–H groups in total. The molecule has 0 saturated heterocycles. The standard InChI is InChI=1S/C18H16N4O4S/c1-10-9-14(22-16(23)13-3-2-8-26-13)27-15(10)17(24)20-11-4-6-12(7-5-11)21-18(19)25/h2-9H,1H3,(H,20,24)(H,22,23)(H3,19,21,25). The number of amides is 4. The number of primary amides is 1. The van der Waals surface area contributed by atoms with E-state index in [0.29, 0.717) is 21.3 Å². The predicted molar refractivity (Wildman–Crippen MR) is 103 cm³/mol. The zero-order chi connectivity index (χ0) is 19.4. The SMILES string of the molecule is Cc1cc(NC(=O)c2ccco2)sc1C(=O)Nc1ccc(NC(N)=O)cc1. The summed E-state index contributed by atoms with van der Waals surface area (Å²) in [6, 6.07) is 10.8. The second-order valence-corrected chi connectivity index (χ2v) is 6.63. The Balaban J connectivity index is 1.67. The van der Waals surface area contributed by atoms with E-state index in [2.05, 4.69) is 16.0 Å². The van der Waals surface area contributed by atoms with E-state index in [1.807, 2.05) is 0 Å². The summed E-state index contributed by atoms with van der Waals surface area (Å²) < 4.78 is 5.04. The number of urea groups is 1. The lowest BCUT2D eigenvalue weighted by molar-refractivity contribution is 0.0995. The molecule has 0 bridgehead atoms. The van der Waals surface area contributed by atoms with Gasteiger partial charge in [-0.05, 0) is 55.0 Å². The zero-order valence-corrected chi connectivity index (χ0v) is 15.1. The number of thiophene rings is 1. The highest BCUT2D eigenvalue weighted by atomic mass is 32.1. The maximum Gasteiger partial charge on any atom is 0.316 e. The number of carbonyl (C=O) groups is 3. The van der Waals surface area contributed by atoms with Crippen molar-refractivity contribution in [3.05, 3.63) is 64.9 Å². The Hall–Kier alpha value is -3.59. The summed E-state index contributed by atoms with van der Waals surface area (Å²) in [5.41, 5.74) is 6.87. The maximum absolute atomic E-state index is 12.5. The number of nitrogens with two attached hydrogens (primary N) is 1. The molecule has 27 heavy (non-hydrogen) atoms. The largest absolute Gasteiger partial charge is 0.459 e. The number of aryl methyl sites for hydroxylation is 1. The van der Waals surface area contributed by atoms with Crippen LogP contribution in [-0.2, 0) is 0 Å². The molecule has 4 amide bonds. The maximum atomic E-state index is 12.5. The molecular weight excluding hydrogens is 368 g/mol. The van der Waals surface area contributed by atoms with E-state index in [1.54, 1.807) is 49.4 Å². The molecule has 1 aromatic carbocycles. The molecule has 2 heterocycles. The Morgan fingerprint density at radius 1 is 0.963 bits per heavy atom. The number of anilines is 3. The van der Waals surface area contributed by atoms with Gasteiger partial charge in [0.2, 0.25) is 0 Å². The van der Waals surface area contributed by atoms with E-state index in [-0.39, 0.29) is 17.6 Å². The van der Waals surface area contributed by atoms with E-state index >= 15 is 0 Å². The lowest BCUT2D eigenvalue weighted by Crippen LogP contribution is -2.19. The minimum Gasteiger partial charge on any atom is -0.459 e. The molecule has 8 nitrogen and oxygen atoms in total. The Bertz CT molecular complexity index is 977. The summed E-state index contributed by atoms with van der Waals surface area (Å²) in [6.07, 6.45) is 1.41. The molecule has 0 aliphatic rings. The monoisotopic (exact) mass is 384 g/mol. The van der Waals surface area contributed by atoms with Crippen molar-refractivity contribution in [2.45, 2.75) is 6.92 Å². The average molecular weight is 384 g/mol. The van der Waals surface area contributed by atoms with E-state index in [4.69, 9.17) is 10.2 Å². The first kappa shape index (κ1) is 18.2. The molecule has 0 aliphatic heterocycles. The van der Waals surface area contributed by atoms with Crippen LogP contribution in [0.25, 0.3) is 0 Å². The van der Waals surface area contributed by atoms with Crippen molar-refractivity contribution in [3.63, 3.8) is 0 Å². The van der Waals surface area contributed by atoms with Crippen molar-refractivity contribution >= 4 is 45.6 Å². The highest BCUT2D eigenvalue weighted by Crippen LogP contribution is 2.28. The fraction of sp³-hybridized carbons (Fsp3) is 0.0556. The van der Waals surface area contributed by atoms with E-state index in [9.17, 15) is 14.4 Å². The van der Waals surface area contributed by atoms with Crippen LogP contribution >= 0.6 is 11.3 Å². The lowest BCUT2D eigenvalue weighted by Gasteiger charge is -2.06. The van der Waals surface area contributed by atoms with Gasteiger partial charge in [-0.15, -0.1) is 11.3 Å². The van der Waals surface area contributed by atoms with Gasteiger partial charge in [-0.3, -0.25) is 9.59 Å². The summed E-state index contributed by atoms with van der Waals surface area (Å²) in [5, 5.41) is 8.46. The van der Waals surface area contributed by atoms with Crippen LogP contribution in [0.3, 0.4) is 0 Å². The Labute approximate surface area is 158 Å². The van der Waals surface area contributed by atoms with Gasteiger partial charge >= 0.3 is 6.03 Å². The zero-order valence-electron chi connectivity index (χ0n) is 14.2.